The van der Waals surface area contributed by atoms with E-state index in [1.165, 1.54) is 4.68 Å². The molecule has 1 aromatic carbocycles. The molecule has 31 heavy (non-hydrogen) atoms. The molecule has 2 heterocycles. The van der Waals surface area contributed by atoms with Gasteiger partial charge in [0.2, 0.25) is 0 Å². The molecule has 1 aliphatic rings. The highest BCUT2D eigenvalue weighted by Gasteiger charge is 2.31. The summed E-state index contributed by atoms with van der Waals surface area (Å²) in [6.45, 7) is 14.0. The number of carbonyl (C=O) groups is 2. The van der Waals surface area contributed by atoms with Crippen molar-refractivity contribution >= 4 is 12.2 Å². The predicted octanol–water partition coefficient (Wildman–Crippen LogP) is 4.98. The van der Waals surface area contributed by atoms with E-state index >= 15 is 0 Å². The highest BCUT2D eigenvalue weighted by atomic mass is 16.6. The van der Waals surface area contributed by atoms with Crippen molar-refractivity contribution in [2.24, 2.45) is 0 Å². The van der Waals surface area contributed by atoms with E-state index in [1.54, 1.807) is 4.90 Å². The van der Waals surface area contributed by atoms with Gasteiger partial charge in [-0.1, -0.05) is 24.3 Å². The molecule has 0 bridgehead atoms. The molecule has 0 saturated heterocycles. The summed E-state index contributed by atoms with van der Waals surface area (Å²) in [5.41, 5.74) is 3.40. The summed E-state index contributed by atoms with van der Waals surface area (Å²) in [5.74, 6) is 0. The summed E-state index contributed by atoms with van der Waals surface area (Å²) < 4.78 is 12.5. The largest absolute Gasteiger partial charge is 0.444 e. The molecule has 0 radical (unpaired) electrons. The number of rotatable bonds is 1. The Balaban J connectivity index is 2.00. The lowest BCUT2D eigenvalue weighted by Gasteiger charge is -2.26. The van der Waals surface area contributed by atoms with Crippen molar-refractivity contribution < 1.29 is 19.1 Å². The third kappa shape index (κ3) is 5.46. The SMILES string of the molecule is Cc1ccccc1-c1nn(C(=O)OC(C)(C)C)c2c1CCN(C(=O)OC(C)(C)C)CC2. The first-order chi connectivity index (χ1) is 14.4. The van der Waals surface area contributed by atoms with E-state index in [2.05, 4.69) is 5.10 Å². The Labute approximate surface area is 184 Å². The highest BCUT2D eigenvalue weighted by Crippen LogP contribution is 2.31. The third-order valence-electron chi connectivity index (χ3n) is 4.96. The quantitative estimate of drug-likeness (QED) is 0.642. The molecule has 0 fully saturated rings. The Morgan fingerprint density at radius 3 is 2.10 bits per heavy atom. The lowest BCUT2D eigenvalue weighted by Crippen LogP contribution is -2.38. The number of hydrogen-bond donors (Lipinski definition) is 0. The summed E-state index contributed by atoms with van der Waals surface area (Å²) in [5, 5.41) is 4.69. The first-order valence-corrected chi connectivity index (χ1v) is 10.7. The van der Waals surface area contributed by atoms with Crippen molar-refractivity contribution in [3.05, 3.63) is 41.1 Å². The average Bonchev–Trinajstić information content (AvgIpc) is 2.83. The van der Waals surface area contributed by atoms with Crippen LogP contribution < -0.4 is 0 Å². The van der Waals surface area contributed by atoms with Crippen molar-refractivity contribution in [1.82, 2.24) is 14.7 Å². The zero-order valence-corrected chi connectivity index (χ0v) is 19.6. The first kappa shape index (κ1) is 22.8. The normalized spacial score (nSPS) is 14.6. The standard InChI is InChI=1S/C24H33N3O4/c1-16-10-8-9-11-17(16)20-18-12-14-26(21(28)30-23(2,3)4)15-13-19(18)27(25-20)22(29)31-24(5,6)7/h8-11H,12-15H2,1-7H3. The summed E-state index contributed by atoms with van der Waals surface area (Å²) in [4.78, 5) is 27.3. The maximum absolute atomic E-state index is 13.0. The van der Waals surface area contributed by atoms with Gasteiger partial charge in [0.15, 0.2) is 0 Å². The molecular formula is C24H33N3O4. The van der Waals surface area contributed by atoms with Gasteiger partial charge in [-0.2, -0.15) is 9.78 Å². The zero-order valence-electron chi connectivity index (χ0n) is 19.6. The van der Waals surface area contributed by atoms with E-state index in [0.29, 0.717) is 25.9 Å². The summed E-state index contributed by atoms with van der Waals surface area (Å²) in [6, 6.07) is 7.98. The molecule has 0 spiro atoms. The molecule has 0 aliphatic carbocycles. The second-order valence-electron chi connectivity index (χ2n) is 9.95. The number of ether oxygens (including phenoxy) is 2. The van der Waals surface area contributed by atoms with E-state index in [-0.39, 0.29) is 6.09 Å². The van der Waals surface area contributed by atoms with Crippen LogP contribution >= 0.6 is 0 Å². The summed E-state index contributed by atoms with van der Waals surface area (Å²) >= 11 is 0. The van der Waals surface area contributed by atoms with Crippen LogP contribution in [0.4, 0.5) is 9.59 Å². The minimum atomic E-state index is -0.633. The van der Waals surface area contributed by atoms with Crippen LogP contribution in [0.2, 0.25) is 0 Å². The number of aryl methyl sites for hydroxylation is 1. The van der Waals surface area contributed by atoms with E-state index in [1.807, 2.05) is 72.7 Å². The van der Waals surface area contributed by atoms with Crippen molar-refractivity contribution in [3.63, 3.8) is 0 Å². The van der Waals surface area contributed by atoms with Gasteiger partial charge in [-0.15, -0.1) is 0 Å². The molecule has 1 amide bonds. The minimum Gasteiger partial charge on any atom is -0.444 e. The van der Waals surface area contributed by atoms with E-state index in [4.69, 9.17) is 9.47 Å². The molecule has 0 atom stereocenters. The molecular weight excluding hydrogens is 394 g/mol. The van der Waals surface area contributed by atoms with Crippen LogP contribution in [0, 0.1) is 6.92 Å². The molecule has 0 N–H and O–H groups in total. The van der Waals surface area contributed by atoms with Gasteiger partial charge in [-0.05, 0) is 60.5 Å². The fraction of sp³-hybridized carbons (Fsp3) is 0.542. The average molecular weight is 428 g/mol. The number of amides is 1. The number of aromatic nitrogens is 2. The van der Waals surface area contributed by atoms with E-state index in [9.17, 15) is 9.59 Å². The van der Waals surface area contributed by atoms with E-state index in [0.717, 1.165) is 28.1 Å². The molecule has 168 valence electrons. The second-order valence-corrected chi connectivity index (χ2v) is 9.95. The second kappa shape index (κ2) is 8.36. The maximum Gasteiger partial charge on any atom is 0.435 e. The molecule has 0 saturated carbocycles. The van der Waals surface area contributed by atoms with E-state index < -0.39 is 17.3 Å². The lowest BCUT2D eigenvalue weighted by molar-refractivity contribution is 0.0258. The topological polar surface area (TPSA) is 73.7 Å². The van der Waals surface area contributed by atoms with Gasteiger partial charge in [-0.25, -0.2) is 9.59 Å². The summed E-state index contributed by atoms with van der Waals surface area (Å²) in [6.07, 6.45) is 0.231. The highest BCUT2D eigenvalue weighted by molar-refractivity contribution is 5.76. The number of fused-ring (bicyclic) bond motifs is 1. The monoisotopic (exact) mass is 427 g/mol. The first-order valence-electron chi connectivity index (χ1n) is 10.7. The third-order valence-corrected chi connectivity index (χ3v) is 4.96. The van der Waals surface area contributed by atoms with Crippen LogP contribution in [-0.4, -0.2) is 51.2 Å². The minimum absolute atomic E-state index is 0.341. The number of benzene rings is 1. The van der Waals surface area contributed by atoms with Crippen molar-refractivity contribution in [2.45, 2.75) is 72.5 Å². The molecule has 1 aliphatic heterocycles. The number of hydrogen-bond acceptors (Lipinski definition) is 5. The van der Waals surface area contributed by atoms with Crippen LogP contribution in [0.5, 0.6) is 0 Å². The van der Waals surface area contributed by atoms with Gasteiger partial charge in [0.1, 0.15) is 11.2 Å². The van der Waals surface area contributed by atoms with Gasteiger partial charge in [0, 0.05) is 30.6 Å². The molecule has 7 heteroatoms. The van der Waals surface area contributed by atoms with Crippen molar-refractivity contribution in [1.29, 1.82) is 0 Å². The predicted molar refractivity (Wildman–Crippen MR) is 119 cm³/mol. The van der Waals surface area contributed by atoms with Crippen LogP contribution in [0.1, 0.15) is 58.4 Å². The van der Waals surface area contributed by atoms with Gasteiger partial charge >= 0.3 is 12.2 Å². The van der Waals surface area contributed by atoms with Gasteiger partial charge in [0.05, 0.1) is 11.4 Å². The Bertz CT molecular complexity index is 980. The smallest absolute Gasteiger partial charge is 0.435 e. The molecule has 1 aromatic heterocycles. The Morgan fingerprint density at radius 1 is 0.903 bits per heavy atom. The Morgan fingerprint density at radius 2 is 1.48 bits per heavy atom. The van der Waals surface area contributed by atoms with Crippen LogP contribution in [0.15, 0.2) is 24.3 Å². The Kier molecular flexibility index (Phi) is 6.16. The fourth-order valence-electron chi connectivity index (χ4n) is 3.62. The van der Waals surface area contributed by atoms with Crippen molar-refractivity contribution in [3.8, 4) is 11.3 Å². The van der Waals surface area contributed by atoms with Gasteiger partial charge in [0.25, 0.3) is 0 Å². The zero-order chi connectivity index (χ0) is 23.0. The van der Waals surface area contributed by atoms with Gasteiger partial charge < -0.3 is 14.4 Å². The number of carbonyl (C=O) groups excluding carboxylic acids is 2. The van der Waals surface area contributed by atoms with Crippen LogP contribution in [-0.2, 0) is 22.3 Å². The fourth-order valence-corrected chi connectivity index (χ4v) is 3.62. The summed E-state index contributed by atoms with van der Waals surface area (Å²) in [7, 11) is 0. The number of nitrogens with zero attached hydrogens (tertiary/aromatic N) is 3. The maximum atomic E-state index is 13.0. The molecule has 7 nitrogen and oxygen atoms in total. The van der Waals surface area contributed by atoms with Gasteiger partial charge in [-0.3, -0.25) is 0 Å². The lowest BCUT2D eigenvalue weighted by atomic mass is 9.99. The Hall–Kier alpha value is -2.83. The molecule has 2 aromatic rings. The molecule has 3 rings (SSSR count). The van der Waals surface area contributed by atoms with Crippen LogP contribution in [0.3, 0.4) is 0 Å². The van der Waals surface area contributed by atoms with Crippen molar-refractivity contribution in [2.75, 3.05) is 13.1 Å². The molecule has 0 unspecified atom stereocenters. The van der Waals surface area contributed by atoms with Crippen LogP contribution in [0.25, 0.3) is 11.3 Å².